The number of nitrogens with two attached hydrogens (primary N) is 1. The third kappa shape index (κ3) is 4.82. The van der Waals surface area contributed by atoms with Gasteiger partial charge in [0.15, 0.2) is 0 Å². The number of pyridine rings is 1. The van der Waals surface area contributed by atoms with E-state index in [9.17, 15) is 13.8 Å². The molecule has 2 heterocycles. The van der Waals surface area contributed by atoms with Crippen LogP contribution in [0, 0.1) is 0 Å². The number of rotatable bonds is 3. The van der Waals surface area contributed by atoms with Crippen LogP contribution in [0.3, 0.4) is 0 Å². The van der Waals surface area contributed by atoms with Crippen molar-refractivity contribution in [2.24, 2.45) is 5.14 Å². The number of nitrogens with zero attached hydrogens (tertiary/aromatic N) is 2. The molecule has 0 radical (unpaired) electrons. The van der Waals surface area contributed by atoms with Crippen molar-refractivity contribution in [1.82, 2.24) is 9.88 Å². The third-order valence-electron chi connectivity index (χ3n) is 2.75. The van der Waals surface area contributed by atoms with Crippen LogP contribution in [0.25, 0.3) is 0 Å². The van der Waals surface area contributed by atoms with E-state index in [-0.39, 0.29) is 10.9 Å². The number of hydrogen-bond acceptors (Lipinski definition) is 4. The molecule has 1 fully saturated rings. The van der Waals surface area contributed by atoms with Gasteiger partial charge in [-0.1, -0.05) is 6.92 Å². The van der Waals surface area contributed by atoms with Gasteiger partial charge >= 0.3 is 0 Å². The third-order valence-corrected chi connectivity index (χ3v) is 3.40. The second-order valence-corrected chi connectivity index (χ2v) is 5.27. The molecular formula is C13H19N3O3S. The topological polar surface area (TPSA) is 93.4 Å². The molecule has 2 rings (SSSR count). The highest BCUT2D eigenvalue weighted by molar-refractivity contribution is 7.82. The molecule has 1 aliphatic rings. The van der Waals surface area contributed by atoms with E-state index in [2.05, 4.69) is 4.98 Å². The molecule has 1 aromatic rings. The SMILES string of the molecule is CCC=O.NS(=O)c1ccc(C(=O)N2CCCC2)cn1. The van der Waals surface area contributed by atoms with Crippen LogP contribution >= 0.6 is 0 Å². The first-order chi connectivity index (χ1) is 9.60. The maximum Gasteiger partial charge on any atom is 0.255 e. The Morgan fingerprint density at radius 3 is 2.45 bits per heavy atom. The van der Waals surface area contributed by atoms with Crippen molar-refractivity contribution in [3.8, 4) is 0 Å². The van der Waals surface area contributed by atoms with Crippen LogP contribution in [0.1, 0.15) is 36.5 Å². The van der Waals surface area contributed by atoms with E-state index in [1.165, 1.54) is 12.3 Å². The Hall–Kier alpha value is -1.60. The van der Waals surface area contributed by atoms with E-state index in [1.54, 1.807) is 11.0 Å². The van der Waals surface area contributed by atoms with Gasteiger partial charge in [0.05, 0.1) is 5.56 Å². The normalized spacial score (nSPS) is 15.2. The predicted molar refractivity (Wildman–Crippen MR) is 76.3 cm³/mol. The average molecular weight is 297 g/mol. The van der Waals surface area contributed by atoms with Crippen LogP contribution in [-0.2, 0) is 15.8 Å². The molecule has 0 aromatic carbocycles. The van der Waals surface area contributed by atoms with E-state index in [0.717, 1.165) is 32.2 Å². The zero-order valence-corrected chi connectivity index (χ0v) is 12.3. The Labute approximate surface area is 121 Å². The summed E-state index contributed by atoms with van der Waals surface area (Å²) in [5.74, 6) is -0.0145. The number of carbonyl (C=O) groups is 2. The first kappa shape index (κ1) is 16.5. The second-order valence-electron chi connectivity index (χ2n) is 4.26. The minimum absolute atomic E-state index is 0.0145. The Morgan fingerprint density at radius 2 is 2.05 bits per heavy atom. The van der Waals surface area contributed by atoms with Crippen molar-refractivity contribution in [2.75, 3.05) is 13.1 Å². The zero-order valence-electron chi connectivity index (χ0n) is 11.4. The smallest absolute Gasteiger partial charge is 0.255 e. The van der Waals surface area contributed by atoms with E-state index in [1.807, 2.05) is 6.92 Å². The highest BCUT2D eigenvalue weighted by Gasteiger charge is 2.19. The molecule has 0 spiro atoms. The molecule has 20 heavy (non-hydrogen) atoms. The van der Waals surface area contributed by atoms with Gasteiger partial charge in [0.1, 0.15) is 22.3 Å². The Bertz CT molecular complexity index is 470. The van der Waals surface area contributed by atoms with Crippen LogP contribution in [0.15, 0.2) is 23.4 Å². The molecule has 1 aliphatic heterocycles. The van der Waals surface area contributed by atoms with Gasteiger partial charge < -0.3 is 9.69 Å². The summed E-state index contributed by atoms with van der Waals surface area (Å²) in [5.41, 5.74) is 0.524. The highest BCUT2D eigenvalue weighted by Crippen LogP contribution is 2.12. The fourth-order valence-corrected chi connectivity index (χ4v) is 2.09. The van der Waals surface area contributed by atoms with Gasteiger partial charge in [-0.3, -0.25) is 4.79 Å². The molecule has 7 heteroatoms. The number of aldehydes is 1. The summed E-state index contributed by atoms with van der Waals surface area (Å²) in [6.07, 6.45) is 5.06. The molecule has 0 saturated carbocycles. The molecule has 1 aromatic heterocycles. The summed E-state index contributed by atoms with van der Waals surface area (Å²) < 4.78 is 10.9. The summed E-state index contributed by atoms with van der Waals surface area (Å²) in [7, 11) is -1.59. The van der Waals surface area contributed by atoms with Gasteiger partial charge in [-0.05, 0) is 25.0 Å². The van der Waals surface area contributed by atoms with E-state index in [4.69, 9.17) is 5.14 Å². The molecule has 0 aliphatic carbocycles. The molecule has 1 unspecified atom stereocenters. The van der Waals surface area contributed by atoms with Crippen LogP contribution in [0.4, 0.5) is 0 Å². The second kappa shape index (κ2) is 8.55. The summed E-state index contributed by atoms with van der Waals surface area (Å²) >= 11 is 0. The maximum absolute atomic E-state index is 11.9. The van der Waals surface area contributed by atoms with Crippen LogP contribution in [-0.4, -0.2) is 39.4 Å². The van der Waals surface area contributed by atoms with Crippen LogP contribution < -0.4 is 5.14 Å². The first-order valence-corrected chi connectivity index (χ1v) is 7.66. The van der Waals surface area contributed by atoms with Crippen molar-refractivity contribution < 1.29 is 13.8 Å². The van der Waals surface area contributed by atoms with Crippen molar-refractivity contribution in [3.05, 3.63) is 23.9 Å². The highest BCUT2D eigenvalue weighted by atomic mass is 32.2. The number of carbonyl (C=O) groups excluding carboxylic acids is 2. The van der Waals surface area contributed by atoms with Gasteiger partial charge in [-0.25, -0.2) is 14.3 Å². The number of aromatic nitrogens is 1. The standard InChI is InChI=1S/C10H13N3O2S.C3H6O/c11-16(15)9-4-3-8(7-12-9)10(14)13-5-1-2-6-13;1-2-3-4/h3-4,7H,1-2,5-6,11H2;3H,2H2,1H3. The van der Waals surface area contributed by atoms with Crippen molar-refractivity contribution in [1.29, 1.82) is 0 Å². The zero-order chi connectivity index (χ0) is 15.0. The lowest BCUT2D eigenvalue weighted by Gasteiger charge is -2.14. The molecule has 1 atom stereocenters. The Balaban J connectivity index is 0.000000444. The van der Waals surface area contributed by atoms with Crippen molar-refractivity contribution in [3.63, 3.8) is 0 Å². The van der Waals surface area contributed by atoms with E-state index >= 15 is 0 Å². The van der Waals surface area contributed by atoms with Crippen molar-refractivity contribution >= 4 is 23.2 Å². The number of hydrogen-bond donors (Lipinski definition) is 1. The lowest BCUT2D eigenvalue weighted by Crippen LogP contribution is -2.27. The minimum atomic E-state index is -1.59. The maximum atomic E-state index is 11.9. The molecular weight excluding hydrogens is 278 g/mol. The van der Waals surface area contributed by atoms with Gasteiger partial charge in [0, 0.05) is 25.7 Å². The van der Waals surface area contributed by atoms with Gasteiger partial charge in [-0.15, -0.1) is 0 Å². The molecule has 1 saturated heterocycles. The van der Waals surface area contributed by atoms with Crippen LogP contribution in [0.5, 0.6) is 0 Å². The quantitative estimate of drug-likeness (QED) is 0.839. The number of amides is 1. The number of likely N-dealkylation sites (tertiary alicyclic amines) is 1. The summed E-state index contributed by atoms with van der Waals surface area (Å²) in [6, 6.07) is 3.15. The van der Waals surface area contributed by atoms with Crippen molar-refractivity contribution in [2.45, 2.75) is 31.2 Å². The molecule has 110 valence electrons. The summed E-state index contributed by atoms with van der Waals surface area (Å²) in [5, 5.41) is 5.47. The minimum Gasteiger partial charge on any atom is -0.339 e. The molecule has 0 bridgehead atoms. The van der Waals surface area contributed by atoms with Crippen LogP contribution in [0.2, 0.25) is 0 Å². The molecule has 6 nitrogen and oxygen atoms in total. The van der Waals surface area contributed by atoms with E-state index < -0.39 is 11.0 Å². The lowest BCUT2D eigenvalue weighted by molar-refractivity contribution is -0.107. The van der Waals surface area contributed by atoms with Gasteiger partial charge in [-0.2, -0.15) is 0 Å². The van der Waals surface area contributed by atoms with Gasteiger partial charge in [0.25, 0.3) is 5.91 Å². The van der Waals surface area contributed by atoms with E-state index in [0.29, 0.717) is 12.0 Å². The molecule has 2 N–H and O–H groups in total. The fourth-order valence-electron chi connectivity index (χ4n) is 1.73. The summed E-state index contributed by atoms with van der Waals surface area (Å²) in [6.45, 7) is 3.43. The first-order valence-electron chi connectivity index (χ1n) is 6.45. The largest absolute Gasteiger partial charge is 0.339 e. The monoisotopic (exact) mass is 297 g/mol. The molecule has 1 amide bonds. The Kier molecular flexibility index (Phi) is 7.03. The Morgan fingerprint density at radius 1 is 1.45 bits per heavy atom. The van der Waals surface area contributed by atoms with Gasteiger partial charge in [0.2, 0.25) is 0 Å². The fraction of sp³-hybridized carbons (Fsp3) is 0.462. The summed E-state index contributed by atoms with van der Waals surface area (Å²) in [4.78, 5) is 26.8. The lowest BCUT2D eigenvalue weighted by atomic mass is 10.2. The predicted octanol–water partition coefficient (Wildman–Crippen LogP) is 0.894. The average Bonchev–Trinajstić information content (AvgIpc) is 3.01.